The third-order valence-electron chi connectivity index (χ3n) is 3.57. The van der Waals surface area contributed by atoms with Crippen LogP contribution >= 0.6 is 0 Å². The lowest BCUT2D eigenvalue weighted by Crippen LogP contribution is -2.40. The molecular weight excluding hydrogens is 234 g/mol. The summed E-state index contributed by atoms with van der Waals surface area (Å²) < 4.78 is 6.14. The van der Waals surface area contributed by atoms with Gasteiger partial charge < -0.3 is 10.1 Å². The second-order valence-electron chi connectivity index (χ2n) is 5.14. The van der Waals surface area contributed by atoms with Crippen LogP contribution in [-0.4, -0.2) is 19.2 Å². The van der Waals surface area contributed by atoms with E-state index in [2.05, 4.69) is 50.4 Å². The summed E-state index contributed by atoms with van der Waals surface area (Å²) in [5, 5.41) is 3.38. The maximum Gasteiger partial charge on any atom is 0.119 e. The number of ether oxygens (including phenoxy) is 1. The lowest BCUT2D eigenvalue weighted by Gasteiger charge is -2.26. The largest absolute Gasteiger partial charge is 0.489 e. The Balaban J connectivity index is 2.63. The van der Waals surface area contributed by atoms with E-state index in [4.69, 9.17) is 4.74 Å². The van der Waals surface area contributed by atoms with Crippen LogP contribution < -0.4 is 10.1 Å². The molecule has 0 aliphatic heterocycles. The van der Waals surface area contributed by atoms with Crippen LogP contribution in [0.1, 0.15) is 52.0 Å². The number of rotatable bonds is 9. The Morgan fingerprint density at radius 2 is 1.74 bits per heavy atom. The Kier molecular flexibility index (Phi) is 7.57. The molecule has 0 fully saturated rings. The van der Waals surface area contributed by atoms with Crippen LogP contribution in [0.15, 0.2) is 24.3 Å². The highest BCUT2D eigenvalue weighted by Crippen LogP contribution is 2.18. The van der Waals surface area contributed by atoms with E-state index >= 15 is 0 Å². The molecule has 1 N–H and O–H groups in total. The molecule has 0 aliphatic carbocycles. The molecule has 2 nitrogen and oxygen atoms in total. The summed E-state index contributed by atoms with van der Waals surface area (Å²) in [4.78, 5) is 0. The maximum atomic E-state index is 6.14. The molecule has 0 saturated carbocycles. The Labute approximate surface area is 118 Å². The van der Waals surface area contributed by atoms with Crippen LogP contribution in [0.25, 0.3) is 0 Å². The fourth-order valence-electron chi connectivity index (χ4n) is 2.48. The molecule has 19 heavy (non-hydrogen) atoms. The van der Waals surface area contributed by atoms with Crippen molar-refractivity contribution in [2.24, 2.45) is 0 Å². The van der Waals surface area contributed by atoms with Crippen LogP contribution in [0, 0.1) is 0 Å². The van der Waals surface area contributed by atoms with Gasteiger partial charge in [0.25, 0.3) is 0 Å². The summed E-state index contributed by atoms with van der Waals surface area (Å²) in [6.07, 6.45) is 5.95. The van der Waals surface area contributed by atoms with Crippen molar-refractivity contribution in [2.75, 3.05) is 7.05 Å². The minimum absolute atomic E-state index is 0.252. The second-order valence-corrected chi connectivity index (χ2v) is 5.14. The summed E-state index contributed by atoms with van der Waals surface area (Å²) in [6, 6.07) is 9.00. The number of hydrogen-bond acceptors (Lipinski definition) is 2. The number of hydrogen-bond donors (Lipinski definition) is 1. The fourth-order valence-corrected chi connectivity index (χ4v) is 2.48. The van der Waals surface area contributed by atoms with Gasteiger partial charge in [-0.2, -0.15) is 0 Å². The van der Waals surface area contributed by atoms with Gasteiger partial charge in [-0.1, -0.05) is 45.7 Å². The van der Waals surface area contributed by atoms with Crippen molar-refractivity contribution in [1.82, 2.24) is 5.32 Å². The van der Waals surface area contributed by atoms with E-state index in [1.54, 1.807) is 0 Å². The minimum atomic E-state index is 0.252. The fraction of sp³-hybridized carbons (Fsp3) is 0.647. The number of aryl methyl sites for hydroxylation is 1. The van der Waals surface area contributed by atoms with Gasteiger partial charge >= 0.3 is 0 Å². The first-order chi connectivity index (χ1) is 9.24. The van der Waals surface area contributed by atoms with Gasteiger partial charge in [0.2, 0.25) is 0 Å². The minimum Gasteiger partial charge on any atom is -0.489 e. The Morgan fingerprint density at radius 3 is 2.21 bits per heavy atom. The average molecular weight is 263 g/mol. The molecule has 0 aromatic heterocycles. The first-order valence-electron chi connectivity index (χ1n) is 7.67. The molecule has 2 unspecified atom stereocenters. The van der Waals surface area contributed by atoms with E-state index in [9.17, 15) is 0 Å². The number of benzene rings is 1. The van der Waals surface area contributed by atoms with E-state index in [0.717, 1.165) is 25.0 Å². The topological polar surface area (TPSA) is 21.3 Å². The van der Waals surface area contributed by atoms with Crippen molar-refractivity contribution in [1.29, 1.82) is 0 Å². The molecule has 1 aromatic carbocycles. The third-order valence-corrected chi connectivity index (χ3v) is 3.57. The van der Waals surface area contributed by atoms with Gasteiger partial charge in [0.15, 0.2) is 0 Å². The molecular formula is C17H29NO. The van der Waals surface area contributed by atoms with Crippen LogP contribution in [0.4, 0.5) is 0 Å². The van der Waals surface area contributed by atoms with Gasteiger partial charge in [0.1, 0.15) is 11.9 Å². The molecule has 0 radical (unpaired) electrons. The normalized spacial score (nSPS) is 14.1. The molecule has 0 amide bonds. The Hall–Kier alpha value is -1.02. The quantitative estimate of drug-likeness (QED) is 0.721. The summed E-state index contributed by atoms with van der Waals surface area (Å²) in [5.74, 6) is 0.989. The molecule has 0 spiro atoms. The molecule has 0 saturated heterocycles. The summed E-state index contributed by atoms with van der Waals surface area (Å²) >= 11 is 0. The van der Waals surface area contributed by atoms with E-state index in [0.29, 0.717) is 6.04 Å². The molecule has 0 heterocycles. The Bertz CT molecular complexity index is 334. The average Bonchev–Trinajstić information content (AvgIpc) is 2.44. The predicted octanol–water partition coefficient (Wildman–Crippen LogP) is 4.18. The molecule has 2 heteroatoms. The molecule has 2 atom stereocenters. The first kappa shape index (κ1) is 16.0. The molecule has 0 bridgehead atoms. The predicted molar refractivity (Wildman–Crippen MR) is 82.9 cm³/mol. The molecule has 1 aromatic rings. The lowest BCUT2D eigenvalue weighted by molar-refractivity contribution is 0.146. The van der Waals surface area contributed by atoms with Gasteiger partial charge in [-0.25, -0.2) is 0 Å². The van der Waals surface area contributed by atoms with E-state index in [-0.39, 0.29) is 6.10 Å². The van der Waals surface area contributed by atoms with E-state index in [1.165, 1.54) is 18.4 Å². The first-order valence-corrected chi connectivity index (χ1v) is 7.67. The summed E-state index contributed by atoms with van der Waals surface area (Å²) in [5.41, 5.74) is 1.39. The monoisotopic (exact) mass is 263 g/mol. The van der Waals surface area contributed by atoms with Crippen molar-refractivity contribution < 1.29 is 4.74 Å². The molecule has 108 valence electrons. The smallest absolute Gasteiger partial charge is 0.119 e. The van der Waals surface area contributed by atoms with Crippen LogP contribution in [0.3, 0.4) is 0 Å². The van der Waals surface area contributed by atoms with Gasteiger partial charge in [-0.15, -0.1) is 0 Å². The lowest BCUT2D eigenvalue weighted by atomic mass is 10.0. The summed E-state index contributed by atoms with van der Waals surface area (Å²) in [7, 11) is 2.02. The highest BCUT2D eigenvalue weighted by molar-refractivity contribution is 5.27. The number of nitrogens with one attached hydrogen (secondary N) is 1. The van der Waals surface area contributed by atoms with Crippen LogP contribution in [0.5, 0.6) is 5.75 Å². The van der Waals surface area contributed by atoms with E-state index < -0.39 is 0 Å². The van der Waals surface area contributed by atoms with Crippen molar-refractivity contribution >= 4 is 0 Å². The molecule has 1 rings (SSSR count). The van der Waals surface area contributed by atoms with Gasteiger partial charge in [0, 0.05) is 6.04 Å². The third kappa shape index (κ3) is 5.23. The van der Waals surface area contributed by atoms with Gasteiger partial charge in [-0.05, 0) is 44.0 Å². The standard InChI is InChI=1S/C17H29NO/c1-5-8-14-10-12-15(13-11-14)19-17(7-3)16(18-4)9-6-2/h10-13,16-18H,5-9H2,1-4H3. The van der Waals surface area contributed by atoms with Crippen molar-refractivity contribution in [3.05, 3.63) is 29.8 Å². The highest BCUT2D eigenvalue weighted by atomic mass is 16.5. The van der Waals surface area contributed by atoms with Crippen molar-refractivity contribution in [2.45, 2.75) is 65.0 Å². The van der Waals surface area contributed by atoms with E-state index in [1.807, 2.05) is 7.05 Å². The van der Waals surface area contributed by atoms with Gasteiger partial charge in [-0.3, -0.25) is 0 Å². The zero-order chi connectivity index (χ0) is 14.1. The van der Waals surface area contributed by atoms with Crippen LogP contribution in [0.2, 0.25) is 0 Å². The van der Waals surface area contributed by atoms with Crippen molar-refractivity contribution in [3.63, 3.8) is 0 Å². The SMILES string of the molecule is CCCc1ccc(OC(CC)C(CCC)NC)cc1. The number of likely N-dealkylation sites (N-methyl/N-ethyl adjacent to an activating group) is 1. The second kappa shape index (κ2) is 8.98. The maximum absolute atomic E-state index is 6.14. The van der Waals surface area contributed by atoms with Gasteiger partial charge in [0.05, 0.1) is 0 Å². The zero-order valence-corrected chi connectivity index (χ0v) is 12.9. The summed E-state index contributed by atoms with van der Waals surface area (Å²) in [6.45, 7) is 6.62. The molecule has 0 aliphatic rings. The Morgan fingerprint density at radius 1 is 1.05 bits per heavy atom. The van der Waals surface area contributed by atoms with Crippen LogP contribution in [-0.2, 0) is 6.42 Å². The highest BCUT2D eigenvalue weighted by Gasteiger charge is 2.19. The zero-order valence-electron chi connectivity index (χ0n) is 12.9. The van der Waals surface area contributed by atoms with Crippen molar-refractivity contribution in [3.8, 4) is 5.75 Å².